The lowest BCUT2D eigenvalue weighted by atomic mass is 10.1. The highest BCUT2D eigenvalue weighted by Crippen LogP contribution is 2.26. The number of hydrogen-bond donors (Lipinski definition) is 2. The van der Waals surface area contributed by atoms with Gasteiger partial charge in [-0.2, -0.15) is 0 Å². The number of aromatic nitrogens is 3. The highest BCUT2D eigenvalue weighted by atomic mass is 127. The number of carbonyl (C=O) groups excluding carboxylic acids is 1. The Bertz CT molecular complexity index is 1220. The van der Waals surface area contributed by atoms with Gasteiger partial charge >= 0.3 is 6.03 Å². The van der Waals surface area contributed by atoms with Crippen LogP contribution in [0.15, 0.2) is 66.9 Å². The molecule has 2 amide bonds. The summed E-state index contributed by atoms with van der Waals surface area (Å²) in [5.74, 6) is 0.0125. The number of alkyl halides is 1. The number of anilines is 1. The maximum atomic E-state index is 14.6. The van der Waals surface area contributed by atoms with Crippen molar-refractivity contribution in [3.8, 4) is 17.0 Å². The van der Waals surface area contributed by atoms with Crippen molar-refractivity contribution in [1.29, 1.82) is 0 Å². The van der Waals surface area contributed by atoms with Crippen LogP contribution in [0.5, 0.6) is 5.75 Å². The van der Waals surface area contributed by atoms with Crippen molar-refractivity contribution in [2.45, 2.75) is 6.61 Å². The summed E-state index contributed by atoms with van der Waals surface area (Å²) in [5, 5.41) is 5.25. The molecule has 31 heavy (non-hydrogen) atoms. The summed E-state index contributed by atoms with van der Waals surface area (Å²) in [5.41, 5.74) is 2.86. The van der Waals surface area contributed by atoms with Gasteiger partial charge in [-0.15, -0.1) is 0 Å². The topological polar surface area (TPSA) is 89.0 Å². The summed E-state index contributed by atoms with van der Waals surface area (Å²) in [6, 6.07) is 17.2. The third kappa shape index (κ3) is 5.23. The van der Waals surface area contributed by atoms with E-state index in [1.165, 1.54) is 6.07 Å². The number of halogens is 2. The Balaban J connectivity index is 1.54. The number of nitrogens with one attached hydrogen (secondary N) is 2. The van der Waals surface area contributed by atoms with E-state index >= 15 is 0 Å². The number of benzene rings is 2. The molecule has 0 atom stereocenters. The second kappa shape index (κ2) is 9.65. The fourth-order valence-electron chi connectivity index (χ4n) is 2.84. The van der Waals surface area contributed by atoms with E-state index in [2.05, 4.69) is 25.6 Å². The molecule has 0 aliphatic heterocycles. The minimum atomic E-state index is -0.492. The van der Waals surface area contributed by atoms with Crippen LogP contribution in [0.1, 0.15) is 5.56 Å². The lowest BCUT2D eigenvalue weighted by Crippen LogP contribution is -2.27. The van der Waals surface area contributed by atoms with E-state index < -0.39 is 5.82 Å². The van der Waals surface area contributed by atoms with E-state index in [0.717, 1.165) is 5.56 Å². The second-order valence-electron chi connectivity index (χ2n) is 6.48. The van der Waals surface area contributed by atoms with Crippen molar-refractivity contribution in [2.24, 2.45) is 0 Å². The molecular weight excluding hydrogens is 512 g/mol. The summed E-state index contributed by atoms with van der Waals surface area (Å²) in [6.45, 7) is 0.276. The van der Waals surface area contributed by atoms with Gasteiger partial charge in [0.05, 0.1) is 16.4 Å². The zero-order valence-corrected chi connectivity index (χ0v) is 18.3. The third-order valence-electron chi connectivity index (χ3n) is 4.34. The summed E-state index contributed by atoms with van der Waals surface area (Å²) in [7, 11) is 0. The van der Waals surface area contributed by atoms with Gasteiger partial charge in [0.2, 0.25) is 0 Å². The molecule has 0 radical (unpaired) electrons. The number of fused-ring (bicyclic) bond motifs is 1. The molecule has 0 aliphatic carbocycles. The van der Waals surface area contributed by atoms with Gasteiger partial charge in [-0.05, 0) is 35.9 Å². The van der Waals surface area contributed by atoms with Gasteiger partial charge in [0, 0.05) is 5.56 Å². The van der Waals surface area contributed by atoms with Crippen molar-refractivity contribution in [3.63, 3.8) is 0 Å². The molecule has 7 nitrogen and oxygen atoms in total. The number of nitrogens with zero attached hydrogens (tertiary/aromatic N) is 3. The number of urea groups is 1. The van der Waals surface area contributed by atoms with E-state index in [1.54, 1.807) is 30.5 Å². The molecule has 0 unspecified atom stereocenters. The largest absolute Gasteiger partial charge is 0.486 e. The fourth-order valence-corrected chi connectivity index (χ4v) is 3.19. The van der Waals surface area contributed by atoms with E-state index in [-0.39, 0.29) is 18.4 Å². The number of pyridine rings is 1. The highest BCUT2D eigenvalue weighted by molar-refractivity contribution is 14.1. The first kappa shape index (κ1) is 20.9. The van der Waals surface area contributed by atoms with Crippen molar-refractivity contribution in [1.82, 2.24) is 20.3 Å². The molecule has 0 aliphatic rings. The van der Waals surface area contributed by atoms with Crippen molar-refractivity contribution in [2.75, 3.05) is 9.87 Å². The summed E-state index contributed by atoms with van der Waals surface area (Å²) in [4.78, 5) is 24.8. The molecule has 0 bridgehead atoms. The predicted octanol–water partition coefficient (Wildman–Crippen LogP) is 4.92. The highest BCUT2D eigenvalue weighted by Gasteiger charge is 2.10. The normalized spacial score (nSPS) is 10.6. The van der Waals surface area contributed by atoms with E-state index in [9.17, 15) is 9.18 Å². The van der Waals surface area contributed by atoms with Gasteiger partial charge in [0.25, 0.3) is 0 Å². The molecule has 0 fully saturated rings. The molecule has 2 heterocycles. The number of hydrogen-bond acceptors (Lipinski definition) is 5. The molecule has 0 saturated carbocycles. The van der Waals surface area contributed by atoms with Gasteiger partial charge in [-0.3, -0.25) is 10.3 Å². The van der Waals surface area contributed by atoms with Crippen LogP contribution in [-0.4, -0.2) is 25.5 Å². The first-order chi connectivity index (χ1) is 15.1. The summed E-state index contributed by atoms with van der Waals surface area (Å²) in [6.07, 6.45) is 1.55. The zero-order valence-electron chi connectivity index (χ0n) is 16.2. The maximum Gasteiger partial charge on any atom is 0.321 e. The van der Waals surface area contributed by atoms with Gasteiger partial charge < -0.3 is 10.1 Å². The van der Waals surface area contributed by atoms with E-state index in [0.29, 0.717) is 32.8 Å². The third-order valence-corrected chi connectivity index (χ3v) is 4.72. The summed E-state index contributed by atoms with van der Waals surface area (Å²) >= 11 is 2.03. The van der Waals surface area contributed by atoms with Gasteiger partial charge in [-0.25, -0.2) is 19.2 Å². The predicted molar refractivity (Wildman–Crippen MR) is 125 cm³/mol. The van der Waals surface area contributed by atoms with Crippen LogP contribution in [0, 0.1) is 5.82 Å². The van der Waals surface area contributed by atoms with E-state index in [4.69, 9.17) is 4.74 Å². The maximum absolute atomic E-state index is 14.6. The van der Waals surface area contributed by atoms with Gasteiger partial charge in [-0.1, -0.05) is 52.9 Å². The van der Waals surface area contributed by atoms with Crippen molar-refractivity contribution in [3.05, 3.63) is 78.2 Å². The standard InChI is InChI=1S/C22H17FIN5O2/c23-16-10-15(6-8-19(16)31-12-14-4-2-1-3-5-14)18-11-25-17-7-9-20(28-21(17)27-18)29-22(30)26-13-24/h1-11H,12-13H2,(H2,26,27,28,29,30). The lowest BCUT2D eigenvalue weighted by Gasteiger charge is -2.09. The average molecular weight is 529 g/mol. The minimum absolute atomic E-state index is 0.159. The molecule has 4 rings (SSSR count). The molecule has 156 valence electrons. The second-order valence-corrected chi connectivity index (χ2v) is 7.24. The zero-order chi connectivity index (χ0) is 21.6. The van der Waals surface area contributed by atoms with Crippen LogP contribution < -0.4 is 15.4 Å². The van der Waals surface area contributed by atoms with Crippen LogP contribution in [0.3, 0.4) is 0 Å². The molecule has 0 saturated heterocycles. The molecule has 2 aromatic carbocycles. The average Bonchev–Trinajstić information content (AvgIpc) is 2.78. The first-order valence-electron chi connectivity index (χ1n) is 9.33. The SMILES string of the molecule is O=C(NCI)Nc1ccc2ncc(-c3ccc(OCc4ccccc4)c(F)c3)nc2n1. The Morgan fingerprint density at radius 2 is 1.90 bits per heavy atom. The Morgan fingerprint density at radius 3 is 2.68 bits per heavy atom. The van der Waals surface area contributed by atoms with Crippen LogP contribution in [-0.2, 0) is 6.61 Å². The number of rotatable bonds is 6. The first-order valence-corrected chi connectivity index (χ1v) is 10.9. The van der Waals surface area contributed by atoms with Crippen LogP contribution in [0.4, 0.5) is 15.0 Å². The minimum Gasteiger partial charge on any atom is -0.486 e. The van der Waals surface area contributed by atoms with Crippen molar-refractivity contribution >= 4 is 45.6 Å². The van der Waals surface area contributed by atoms with Gasteiger partial charge in [0.1, 0.15) is 17.9 Å². The lowest BCUT2D eigenvalue weighted by molar-refractivity contribution is 0.253. The molecule has 2 aromatic heterocycles. The Hall–Kier alpha value is -3.34. The van der Waals surface area contributed by atoms with E-state index in [1.807, 2.05) is 52.9 Å². The number of ether oxygens (including phenoxy) is 1. The fraction of sp³-hybridized carbons (Fsp3) is 0.0909. The molecule has 9 heteroatoms. The number of carbonyl (C=O) groups is 1. The monoisotopic (exact) mass is 529 g/mol. The van der Waals surface area contributed by atoms with Crippen LogP contribution >= 0.6 is 22.6 Å². The Morgan fingerprint density at radius 1 is 1.06 bits per heavy atom. The molecule has 2 N–H and O–H groups in total. The summed E-state index contributed by atoms with van der Waals surface area (Å²) < 4.78 is 20.6. The number of amides is 2. The van der Waals surface area contributed by atoms with Crippen LogP contribution in [0.25, 0.3) is 22.4 Å². The van der Waals surface area contributed by atoms with Crippen LogP contribution in [0.2, 0.25) is 0 Å². The van der Waals surface area contributed by atoms with Gasteiger partial charge in [0.15, 0.2) is 17.2 Å². The Kier molecular flexibility index (Phi) is 6.51. The molecule has 4 aromatic rings. The molecule has 0 spiro atoms. The van der Waals surface area contributed by atoms with Crippen molar-refractivity contribution < 1.29 is 13.9 Å². The smallest absolute Gasteiger partial charge is 0.321 e. The Labute approximate surface area is 191 Å². The molecular formula is C22H17FIN5O2. The quantitative estimate of drug-likeness (QED) is 0.210.